The molecule has 20 heavy (non-hydrogen) atoms. The molecule has 2 aromatic rings. The van der Waals surface area contributed by atoms with E-state index in [0.717, 1.165) is 12.1 Å². The maximum absolute atomic E-state index is 12.4. The molecule has 0 aromatic heterocycles. The van der Waals surface area contributed by atoms with E-state index in [1.54, 1.807) is 24.3 Å². The monoisotopic (exact) mass is 279 g/mol. The Bertz CT molecular complexity index is 603. The first-order valence-corrected chi connectivity index (χ1v) is 5.91. The van der Waals surface area contributed by atoms with Gasteiger partial charge in [0, 0.05) is 11.8 Å². The molecule has 0 aliphatic heterocycles. The third-order valence-corrected chi connectivity index (χ3v) is 2.72. The van der Waals surface area contributed by atoms with E-state index >= 15 is 0 Å². The van der Waals surface area contributed by atoms with Crippen molar-refractivity contribution in [1.29, 1.82) is 0 Å². The van der Waals surface area contributed by atoms with E-state index in [4.69, 9.17) is 0 Å². The summed E-state index contributed by atoms with van der Waals surface area (Å²) in [5, 5.41) is 9.52. The fraction of sp³-hybridized carbons (Fsp3) is 0.133. The third-order valence-electron chi connectivity index (χ3n) is 2.72. The lowest BCUT2D eigenvalue weighted by molar-refractivity contribution is -0.137. The van der Waals surface area contributed by atoms with Crippen molar-refractivity contribution in [3.8, 4) is 5.75 Å². The Kier molecular flexibility index (Phi) is 4.08. The molecular weight excluding hydrogens is 267 g/mol. The average molecular weight is 279 g/mol. The van der Waals surface area contributed by atoms with Crippen molar-refractivity contribution >= 4 is 6.21 Å². The highest BCUT2D eigenvalue weighted by molar-refractivity contribution is 5.83. The fourth-order valence-corrected chi connectivity index (χ4v) is 1.65. The maximum Gasteiger partial charge on any atom is 0.416 e. The summed E-state index contributed by atoms with van der Waals surface area (Å²) >= 11 is 0. The summed E-state index contributed by atoms with van der Waals surface area (Å²) in [6, 6.07) is 11.6. The van der Waals surface area contributed by atoms with E-state index in [-0.39, 0.29) is 12.3 Å². The van der Waals surface area contributed by atoms with Crippen LogP contribution in [0.15, 0.2) is 53.5 Å². The van der Waals surface area contributed by atoms with Crippen molar-refractivity contribution in [1.82, 2.24) is 0 Å². The second-order valence-electron chi connectivity index (χ2n) is 4.22. The van der Waals surface area contributed by atoms with Crippen LogP contribution in [-0.4, -0.2) is 11.3 Å². The number of hydrogen-bond acceptors (Lipinski definition) is 2. The van der Waals surface area contributed by atoms with Crippen molar-refractivity contribution < 1.29 is 18.3 Å². The summed E-state index contributed by atoms with van der Waals surface area (Å²) in [6.07, 6.45) is -2.83. The minimum Gasteiger partial charge on any atom is -0.507 e. The van der Waals surface area contributed by atoms with Crippen molar-refractivity contribution in [2.24, 2.45) is 4.99 Å². The number of para-hydroxylation sites is 1. The van der Waals surface area contributed by atoms with E-state index in [1.807, 2.05) is 0 Å². The molecule has 0 spiro atoms. The summed E-state index contributed by atoms with van der Waals surface area (Å²) in [5.74, 6) is 0.115. The Hall–Kier alpha value is -2.30. The van der Waals surface area contributed by atoms with Gasteiger partial charge in [-0.1, -0.05) is 24.3 Å². The van der Waals surface area contributed by atoms with Crippen LogP contribution in [0.25, 0.3) is 0 Å². The van der Waals surface area contributed by atoms with E-state index < -0.39 is 11.7 Å². The van der Waals surface area contributed by atoms with Gasteiger partial charge in [0.15, 0.2) is 0 Å². The molecule has 2 aromatic carbocycles. The lowest BCUT2D eigenvalue weighted by Gasteiger charge is -2.06. The molecule has 104 valence electrons. The standard InChI is InChI=1S/C15H12F3NO/c16-15(17,18)13-7-5-11(6-8-13)9-19-10-12-3-1-2-4-14(12)20/h1-8,10,20H,9H2. The zero-order chi connectivity index (χ0) is 14.6. The highest BCUT2D eigenvalue weighted by atomic mass is 19.4. The van der Waals surface area contributed by atoms with Gasteiger partial charge >= 0.3 is 6.18 Å². The van der Waals surface area contributed by atoms with Crippen molar-refractivity contribution in [3.63, 3.8) is 0 Å². The van der Waals surface area contributed by atoms with Gasteiger partial charge < -0.3 is 5.11 Å². The van der Waals surface area contributed by atoms with E-state index in [2.05, 4.69) is 4.99 Å². The molecule has 2 nitrogen and oxygen atoms in total. The number of benzene rings is 2. The molecule has 0 bridgehead atoms. The minimum atomic E-state index is -4.32. The Morgan fingerprint density at radius 3 is 2.25 bits per heavy atom. The number of phenolic OH excluding ortho intramolecular Hbond substituents is 1. The van der Waals surface area contributed by atoms with Crippen LogP contribution in [0, 0.1) is 0 Å². The highest BCUT2D eigenvalue weighted by Gasteiger charge is 2.29. The minimum absolute atomic E-state index is 0.115. The van der Waals surface area contributed by atoms with Crippen LogP contribution in [0.3, 0.4) is 0 Å². The van der Waals surface area contributed by atoms with Crippen LogP contribution < -0.4 is 0 Å². The zero-order valence-electron chi connectivity index (χ0n) is 10.4. The van der Waals surface area contributed by atoms with Crippen molar-refractivity contribution in [3.05, 3.63) is 65.2 Å². The van der Waals surface area contributed by atoms with Crippen LogP contribution in [0.5, 0.6) is 5.75 Å². The number of nitrogens with zero attached hydrogens (tertiary/aromatic N) is 1. The molecule has 0 atom stereocenters. The van der Waals surface area contributed by atoms with Crippen LogP contribution in [0.4, 0.5) is 13.2 Å². The Morgan fingerprint density at radius 2 is 1.65 bits per heavy atom. The fourth-order valence-electron chi connectivity index (χ4n) is 1.65. The van der Waals surface area contributed by atoms with Crippen LogP contribution >= 0.6 is 0 Å². The largest absolute Gasteiger partial charge is 0.507 e. The van der Waals surface area contributed by atoms with Gasteiger partial charge in [-0.25, -0.2) is 0 Å². The molecule has 1 N–H and O–H groups in total. The van der Waals surface area contributed by atoms with Gasteiger partial charge in [-0.2, -0.15) is 13.2 Å². The molecule has 2 rings (SSSR count). The topological polar surface area (TPSA) is 32.6 Å². The van der Waals surface area contributed by atoms with E-state index in [9.17, 15) is 18.3 Å². The van der Waals surface area contributed by atoms with Gasteiger partial charge in [-0.05, 0) is 29.8 Å². The Labute approximate surface area is 114 Å². The first kappa shape index (κ1) is 14.1. The number of alkyl halides is 3. The Morgan fingerprint density at radius 1 is 1.00 bits per heavy atom. The van der Waals surface area contributed by atoms with Gasteiger partial charge in [0.2, 0.25) is 0 Å². The summed E-state index contributed by atoms with van der Waals surface area (Å²) < 4.78 is 37.1. The normalized spacial score (nSPS) is 11.9. The van der Waals surface area contributed by atoms with Crippen molar-refractivity contribution in [2.45, 2.75) is 12.7 Å². The van der Waals surface area contributed by atoms with Gasteiger partial charge in [-0.15, -0.1) is 0 Å². The predicted octanol–water partition coefficient (Wildman–Crippen LogP) is 4.03. The van der Waals surface area contributed by atoms with Crippen LogP contribution in [-0.2, 0) is 12.7 Å². The predicted molar refractivity (Wildman–Crippen MR) is 70.8 cm³/mol. The van der Waals surface area contributed by atoms with Crippen LogP contribution in [0.1, 0.15) is 16.7 Å². The van der Waals surface area contributed by atoms with Crippen molar-refractivity contribution in [2.75, 3.05) is 0 Å². The Balaban J connectivity index is 2.03. The average Bonchev–Trinajstić information content (AvgIpc) is 2.40. The number of hydrogen-bond donors (Lipinski definition) is 1. The molecule has 0 saturated heterocycles. The second-order valence-corrected chi connectivity index (χ2v) is 4.22. The molecule has 0 heterocycles. The molecule has 0 fully saturated rings. The number of aliphatic imine (C=N–C) groups is 1. The second kappa shape index (κ2) is 5.77. The van der Waals surface area contributed by atoms with Gasteiger partial charge in [0.05, 0.1) is 12.1 Å². The maximum atomic E-state index is 12.4. The molecular formula is C15H12F3NO. The molecule has 0 unspecified atom stereocenters. The smallest absolute Gasteiger partial charge is 0.416 e. The summed E-state index contributed by atoms with van der Waals surface area (Å²) in [7, 11) is 0. The number of phenols is 1. The van der Waals surface area contributed by atoms with Gasteiger partial charge in [-0.3, -0.25) is 4.99 Å². The summed E-state index contributed by atoms with van der Waals surface area (Å²) in [6.45, 7) is 0.256. The molecule has 5 heteroatoms. The number of halogens is 3. The van der Waals surface area contributed by atoms with Crippen LogP contribution in [0.2, 0.25) is 0 Å². The molecule has 0 amide bonds. The number of rotatable bonds is 3. The first-order chi connectivity index (χ1) is 9.47. The first-order valence-electron chi connectivity index (χ1n) is 5.91. The number of aromatic hydroxyl groups is 1. The third kappa shape index (κ3) is 3.60. The van der Waals surface area contributed by atoms with Gasteiger partial charge in [0.1, 0.15) is 5.75 Å². The summed E-state index contributed by atoms with van der Waals surface area (Å²) in [5.41, 5.74) is 0.565. The molecule has 0 saturated carbocycles. The molecule has 0 radical (unpaired) electrons. The molecule has 0 aliphatic rings. The van der Waals surface area contributed by atoms with Gasteiger partial charge in [0.25, 0.3) is 0 Å². The lowest BCUT2D eigenvalue weighted by atomic mass is 10.1. The van der Waals surface area contributed by atoms with E-state index in [1.165, 1.54) is 18.3 Å². The highest BCUT2D eigenvalue weighted by Crippen LogP contribution is 2.29. The lowest BCUT2D eigenvalue weighted by Crippen LogP contribution is -2.04. The quantitative estimate of drug-likeness (QED) is 0.845. The van der Waals surface area contributed by atoms with E-state index in [0.29, 0.717) is 11.1 Å². The summed E-state index contributed by atoms with van der Waals surface area (Å²) in [4.78, 5) is 4.10. The molecule has 0 aliphatic carbocycles. The zero-order valence-corrected chi connectivity index (χ0v) is 10.4. The SMILES string of the molecule is Oc1ccccc1C=NCc1ccc(C(F)(F)F)cc1.